The average molecular weight is 623 g/mol. The predicted molar refractivity (Wildman–Crippen MR) is 145 cm³/mol. The van der Waals surface area contributed by atoms with E-state index in [2.05, 4.69) is 0 Å². The summed E-state index contributed by atoms with van der Waals surface area (Å²) < 4.78 is 102. The Bertz CT molecular complexity index is 1380. The normalized spacial score (nSPS) is 20.8. The smallest absolute Gasteiger partial charge is 0.312 e. The molecule has 1 fully saturated rings. The van der Waals surface area contributed by atoms with E-state index in [1.165, 1.54) is 57.3 Å². The molecule has 0 amide bonds. The summed E-state index contributed by atoms with van der Waals surface area (Å²) in [5, 5.41) is 9.03. The zero-order chi connectivity index (χ0) is 30.3. The Morgan fingerprint density at radius 3 is 2.39 bits per heavy atom. The maximum atomic E-state index is 13.9. The number of hydrogen-bond acceptors (Lipinski definition) is 6. The molecule has 4 rings (SSSR count). The van der Waals surface area contributed by atoms with Gasteiger partial charge in [0.2, 0.25) is 22.4 Å². The minimum absolute atomic E-state index is 0.000327. The molecule has 1 aliphatic heterocycles. The molecule has 7 nitrogen and oxygen atoms in total. The Balaban J connectivity index is 1.86. The summed E-state index contributed by atoms with van der Waals surface area (Å²) in [6.45, 7) is 2.46. The molecule has 0 radical (unpaired) electrons. The number of benzene rings is 2. The van der Waals surface area contributed by atoms with Gasteiger partial charge in [-0.1, -0.05) is 0 Å². The molecule has 0 unspecified atom stereocenters. The highest BCUT2D eigenvalue weighted by atomic mass is 32.2. The van der Waals surface area contributed by atoms with Crippen LogP contribution in [0.5, 0.6) is 5.75 Å². The summed E-state index contributed by atoms with van der Waals surface area (Å²) in [6, 6.07) is 7.05. The van der Waals surface area contributed by atoms with Crippen molar-refractivity contribution in [2.75, 3.05) is 25.1 Å². The quantitative estimate of drug-likeness (QED) is 0.307. The van der Waals surface area contributed by atoms with Crippen LogP contribution in [0.25, 0.3) is 0 Å². The second kappa shape index (κ2) is 11.6. The SMILES string of the molecule is CN1[C@H](CCC(F)F)CN(c2ccc(F)cc2)c2cc(SC3CC(F)(F)C3)c(OCC(C)(C)C(=O)O)cc2S1(=O)=O. The molecule has 226 valence electrons. The number of nitrogens with zero attached hydrogens (tertiary/aromatic N) is 2. The van der Waals surface area contributed by atoms with Crippen molar-refractivity contribution >= 4 is 39.1 Å². The van der Waals surface area contributed by atoms with E-state index in [0.717, 1.165) is 16.1 Å². The standard InChI is InChI=1S/C27H31F5N2O5S2/c1-26(2,25(35)36)15-39-21-11-23-20(10-22(21)40-19-12-27(31,32)13-19)34(17-6-4-16(28)5-7-17)14-18(8-9-24(29)30)33(3)41(23,37)38/h4-7,10-11,18-19,24H,8-9,12-15H2,1-3H3,(H,35,36)/t18-/m1/s1. The zero-order valence-corrected chi connectivity index (χ0v) is 24.3. The highest BCUT2D eigenvalue weighted by Gasteiger charge is 2.46. The van der Waals surface area contributed by atoms with E-state index >= 15 is 0 Å². The lowest BCUT2D eigenvalue weighted by Crippen LogP contribution is -2.41. The number of alkyl halides is 4. The van der Waals surface area contributed by atoms with Crippen molar-refractivity contribution in [2.45, 2.75) is 73.0 Å². The third-order valence-corrected chi connectivity index (χ3v) is 10.4. The van der Waals surface area contributed by atoms with Gasteiger partial charge in [-0.15, -0.1) is 11.8 Å². The van der Waals surface area contributed by atoms with Crippen LogP contribution in [0.4, 0.5) is 33.3 Å². The van der Waals surface area contributed by atoms with E-state index < -0.39 is 70.1 Å². The molecule has 1 heterocycles. The molecule has 0 spiro atoms. The van der Waals surface area contributed by atoms with Crippen LogP contribution in [0, 0.1) is 11.2 Å². The predicted octanol–water partition coefficient (Wildman–Crippen LogP) is 6.39. The first-order valence-corrected chi connectivity index (χ1v) is 15.2. The molecule has 1 saturated carbocycles. The number of thioether (sulfide) groups is 1. The van der Waals surface area contributed by atoms with Crippen LogP contribution in [0.15, 0.2) is 46.2 Å². The maximum absolute atomic E-state index is 13.9. The highest BCUT2D eigenvalue weighted by Crippen LogP contribution is 2.51. The molecule has 1 N–H and O–H groups in total. The van der Waals surface area contributed by atoms with Gasteiger partial charge in [-0.25, -0.2) is 30.4 Å². The molecule has 0 saturated heterocycles. The lowest BCUT2D eigenvalue weighted by molar-refractivity contribution is -0.148. The molecule has 0 aromatic heterocycles. The Morgan fingerprint density at radius 1 is 1.20 bits per heavy atom. The van der Waals surface area contributed by atoms with Crippen LogP contribution in [0.1, 0.15) is 39.5 Å². The second-order valence-electron chi connectivity index (χ2n) is 11.0. The Morgan fingerprint density at radius 2 is 1.83 bits per heavy atom. The summed E-state index contributed by atoms with van der Waals surface area (Å²) in [6.07, 6.45) is -4.15. The fraction of sp³-hybridized carbons (Fsp3) is 0.519. The van der Waals surface area contributed by atoms with Crippen molar-refractivity contribution < 1.29 is 45.0 Å². The minimum atomic E-state index is -4.30. The van der Waals surface area contributed by atoms with Gasteiger partial charge in [0, 0.05) is 55.9 Å². The van der Waals surface area contributed by atoms with Gasteiger partial charge in [0.15, 0.2) is 0 Å². The summed E-state index contributed by atoms with van der Waals surface area (Å²) in [7, 11) is -3.02. The molecule has 0 bridgehead atoms. The number of anilines is 2. The summed E-state index contributed by atoms with van der Waals surface area (Å²) >= 11 is 1.07. The van der Waals surface area contributed by atoms with Crippen molar-refractivity contribution in [1.29, 1.82) is 0 Å². The van der Waals surface area contributed by atoms with Crippen LogP contribution in [-0.4, -0.2) is 67.6 Å². The number of fused-ring (bicyclic) bond motifs is 1. The average Bonchev–Trinajstić information content (AvgIpc) is 2.93. The van der Waals surface area contributed by atoms with Gasteiger partial charge < -0.3 is 14.7 Å². The topological polar surface area (TPSA) is 87.2 Å². The number of sulfonamides is 1. The first-order valence-electron chi connectivity index (χ1n) is 12.9. The summed E-state index contributed by atoms with van der Waals surface area (Å²) in [5.74, 6) is -4.51. The molecule has 2 aromatic rings. The summed E-state index contributed by atoms with van der Waals surface area (Å²) in [5.41, 5.74) is -0.817. The maximum Gasteiger partial charge on any atom is 0.312 e. The first kappa shape index (κ1) is 31.4. The van der Waals surface area contributed by atoms with Crippen LogP contribution >= 0.6 is 11.8 Å². The van der Waals surface area contributed by atoms with Gasteiger partial charge in [-0.3, -0.25) is 4.79 Å². The second-order valence-corrected chi connectivity index (χ2v) is 14.3. The molecule has 14 heteroatoms. The number of likely N-dealkylation sites (N-methyl/N-ethyl adjacent to an activating group) is 1. The molecular weight excluding hydrogens is 591 g/mol. The highest BCUT2D eigenvalue weighted by molar-refractivity contribution is 8.00. The third kappa shape index (κ3) is 6.91. The minimum Gasteiger partial charge on any atom is -0.491 e. The van der Waals surface area contributed by atoms with E-state index in [4.69, 9.17) is 4.74 Å². The van der Waals surface area contributed by atoms with Gasteiger partial charge in [0.1, 0.15) is 23.1 Å². The summed E-state index contributed by atoms with van der Waals surface area (Å²) in [4.78, 5) is 13.3. The molecular formula is C27H31F5N2O5S2. The van der Waals surface area contributed by atoms with Crippen LogP contribution in [0.2, 0.25) is 0 Å². The third-order valence-electron chi connectivity index (χ3n) is 7.25. The largest absolute Gasteiger partial charge is 0.491 e. The molecule has 2 aliphatic rings. The van der Waals surface area contributed by atoms with Crippen molar-refractivity contribution in [3.8, 4) is 5.75 Å². The number of halogens is 5. The molecule has 1 atom stereocenters. The fourth-order valence-corrected chi connectivity index (χ4v) is 7.57. The van der Waals surface area contributed by atoms with Crippen molar-refractivity contribution in [3.05, 3.63) is 42.2 Å². The van der Waals surface area contributed by atoms with Gasteiger partial charge in [-0.2, -0.15) is 4.31 Å². The van der Waals surface area contributed by atoms with E-state index in [-0.39, 0.29) is 35.9 Å². The van der Waals surface area contributed by atoms with Gasteiger partial charge in [0.25, 0.3) is 0 Å². The monoisotopic (exact) mass is 622 g/mol. The van der Waals surface area contributed by atoms with Crippen LogP contribution in [0.3, 0.4) is 0 Å². The zero-order valence-electron chi connectivity index (χ0n) is 22.6. The number of hydrogen-bond donors (Lipinski definition) is 1. The number of carboxylic acids is 1. The fourth-order valence-electron chi connectivity index (χ4n) is 4.57. The number of aliphatic carboxylic acids is 1. The van der Waals surface area contributed by atoms with E-state index in [0.29, 0.717) is 10.6 Å². The number of carboxylic acid groups (broad SMARTS) is 1. The Hall–Kier alpha value is -2.58. The Kier molecular flexibility index (Phi) is 8.87. The number of rotatable bonds is 10. The van der Waals surface area contributed by atoms with Crippen molar-refractivity contribution in [3.63, 3.8) is 0 Å². The number of ether oxygens (including phenoxy) is 1. The van der Waals surface area contributed by atoms with E-state index in [1.807, 2.05) is 0 Å². The van der Waals surface area contributed by atoms with Crippen LogP contribution in [-0.2, 0) is 14.8 Å². The van der Waals surface area contributed by atoms with Crippen LogP contribution < -0.4 is 9.64 Å². The number of carbonyl (C=O) groups is 1. The van der Waals surface area contributed by atoms with E-state index in [1.54, 1.807) is 4.90 Å². The lowest BCUT2D eigenvalue weighted by atomic mass is 9.94. The van der Waals surface area contributed by atoms with Gasteiger partial charge in [0.05, 0.1) is 16.0 Å². The van der Waals surface area contributed by atoms with Crippen molar-refractivity contribution in [1.82, 2.24) is 4.31 Å². The molecule has 2 aromatic carbocycles. The first-order chi connectivity index (χ1) is 19.0. The molecule has 1 aliphatic carbocycles. The molecule has 41 heavy (non-hydrogen) atoms. The van der Waals surface area contributed by atoms with Gasteiger partial charge >= 0.3 is 5.97 Å². The Labute approximate surface area is 239 Å². The lowest BCUT2D eigenvalue weighted by Gasteiger charge is -2.35. The van der Waals surface area contributed by atoms with Gasteiger partial charge in [-0.05, 0) is 50.6 Å². The van der Waals surface area contributed by atoms with E-state index in [9.17, 15) is 40.3 Å². The van der Waals surface area contributed by atoms with Crippen molar-refractivity contribution in [2.24, 2.45) is 5.41 Å².